The number of anilines is 1. The highest BCUT2D eigenvalue weighted by Gasteiger charge is 2.37. The van der Waals surface area contributed by atoms with E-state index in [1.807, 2.05) is 6.92 Å². The number of carbonyl (C=O) groups is 2. The molecule has 0 aromatic heterocycles. The standard InChI is InChI=1S/C30H32BrClF3N3O4S/c1-5-20(3)36-29(40)21(4)37(17-22-8-10-23(31)11-9-22)28(39)18-38(43(41,42)25-13-6-19(2)7-14-25)24-12-15-27(32)26(16-24)30(33,34)35/h6-16,20-21H,5,17-18H2,1-4H3,(H,36,40)/t20-,21+/m1/s1. The van der Waals surface area contributed by atoms with E-state index in [1.165, 1.54) is 36.1 Å². The molecule has 232 valence electrons. The highest BCUT2D eigenvalue weighted by atomic mass is 79.9. The van der Waals surface area contributed by atoms with Crippen LogP contribution in [0.25, 0.3) is 0 Å². The monoisotopic (exact) mass is 701 g/mol. The highest BCUT2D eigenvalue weighted by Crippen LogP contribution is 2.38. The first-order chi connectivity index (χ1) is 20.0. The molecular formula is C30H32BrClF3N3O4S. The van der Waals surface area contributed by atoms with Gasteiger partial charge in [-0.2, -0.15) is 13.2 Å². The fourth-order valence-electron chi connectivity index (χ4n) is 4.09. The molecule has 0 aliphatic carbocycles. The summed E-state index contributed by atoms with van der Waals surface area (Å²) in [4.78, 5) is 28.1. The molecule has 0 radical (unpaired) electrons. The molecule has 0 fully saturated rings. The maximum absolute atomic E-state index is 14.0. The van der Waals surface area contributed by atoms with E-state index in [1.54, 1.807) is 38.1 Å². The molecule has 1 N–H and O–H groups in total. The van der Waals surface area contributed by atoms with Crippen molar-refractivity contribution in [1.29, 1.82) is 0 Å². The van der Waals surface area contributed by atoms with Gasteiger partial charge in [0.15, 0.2) is 0 Å². The first-order valence-electron chi connectivity index (χ1n) is 13.3. The Labute approximate surface area is 263 Å². The third kappa shape index (κ3) is 8.73. The van der Waals surface area contributed by atoms with Crippen molar-refractivity contribution in [3.05, 3.63) is 92.9 Å². The summed E-state index contributed by atoms with van der Waals surface area (Å²) in [6.45, 7) is 6.01. The molecule has 0 saturated heterocycles. The lowest BCUT2D eigenvalue weighted by molar-refractivity contribution is -0.139. The maximum Gasteiger partial charge on any atom is 0.417 e. The molecule has 0 saturated carbocycles. The summed E-state index contributed by atoms with van der Waals surface area (Å²) in [5, 5.41) is 2.20. The minimum Gasteiger partial charge on any atom is -0.352 e. The lowest BCUT2D eigenvalue weighted by Gasteiger charge is -2.32. The summed E-state index contributed by atoms with van der Waals surface area (Å²) < 4.78 is 70.5. The molecule has 13 heteroatoms. The second kappa shape index (κ2) is 14.1. The fourth-order valence-corrected chi connectivity index (χ4v) is 5.98. The van der Waals surface area contributed by atoms with Gasteiger partial charge in [0.05, 0.1) is 21.2 Å². The number of sulfonamides is 1. The van der Waals surface area contributed by atoms with Crippen LogP contribution in [0.1, 0.15) is 43.9 Å². The quantitative estimate of drug-likeness (QED) is 0.234. The van der Waals surface area contributed by atoms with Gasteiger partial charge in [-0.05, 0) is 75.2 Å². The van der Waals surface area contributed by atoms with Gasteiger partial charge in [-0.15, -0.1) is 0 Å². The van der Waals surface area contributed by atoms with Gasteiger partial charge in [-0.25, -0.2) is 8.42 Å². The minimum absolute atomic E-state index is 0.0615. The van der Waals surface area contributed by atoms with Gasteiger partial charge in [0.25, 0.3) is 10.0 Å². The zero-order valence-electron chi connectivity index (χ0n) is 24.0. The average Bonchev–Trinajstić information content (AvgIpc) is 2.95. The predicted octanol–water partition coefficient (Wildman–Crippen LogP) is 6.96. The van der Waals surface area contributed by atoms with Crippen molar-refractivity contribution >= 4 is 55.1 Å². The number of amides is 2. The molecule has 3 aromatic carbocycles. The number of aryl methyl sites for hydroxylation is 1. The summed E-state index contributed by atoms with van der Waals surface area (Å²) in [5.74, 6) is -1.26. The molecule has 0 unspecified atom stereocenters. The molecule has 0 spiro atoms. The smallest absolute Gasteiger partial charge is 0.352 e. The van der Waals surface area contributed by atoms with Crippen LogP contribution in [0, 0.1) is 6.92 Å². The van der Waals surface area contributed by atoms with Gasteiger partial charge in [0.2, 0.25) is 11.8 Å². The Morgan fingerprint density at radius 3 is 2.16 bits per heavy atom. The van der Waals surface area contributed by atoms with E-state index in [9.17, 15) is 31.2 Å². The van der Waals surface area contributed by atoms with E-state index in [2.05, 4.69) is 21.2 Å². The Hall–Kier alpha value is -3.09. The summed E-state index contributed by atoms with van der Waals surface area (Å²) in [7, 11) is -4.55. The topological polar surface area (TPSA) is 86.8 Å². The molecule has 0 bridgehead atoms. The number of nitrogens with zero attached hydrogens (tertiary/aromatic N) is 2. The number of halogens is 5. The third-order valence-corrected chi connectivity index (χ3v) is 9.51. The van der Waals surface area contributed by atoms with Gasteiger partial charge in [-0.3, -0.25) is 13.9 Å². The van der Waals surface area contributed by atoms with E-state index in [4.69, 9.17) is 11.6 Å². The first-order valence-corrected chi connectivity index (χ1v) is 16.0. The van der Waals surface area contributed by atoms with E-state index in [0.717, 1.165) is 22.2 Å². The van der Waals surface area contributed by atoms with Crippen molar-refractivity contribution in [2.45, 2.75) is 63.8 Å². The summed E-state index contributed by atoms with van der Waals surface area (Å²) in [6.07, 6.45) is -4.24. The van der Waals surface area contributed by atoms with Gasteiger partial charge < -0.3 is 10.2 Å². The van der Waals surface area contributed by atoms with E-state index < -0.39 is 56.9 Å². The molecular weight excluding hydrogens is 671 g/mol. The Balaban J connectivity index is 2.11. The maximum atomic E-state index is 14.0. The predicted molar refractivity (Wildman–Crippen MR) is 164 cm³/mol. The summed E-state index contributed by atoms with van der Waals surface area (Å²) >= 11 is 9.16. The Morgan fingerprint density at radius 2 is 1.60 bits per heavy atom. The number of benzene rings is 3. The van der Waals surface area contributed by atoms with Crippen LogP contribution in [0.2, 0.25) is 5.02 Å². The highest BCUT2D eigenvalue weighted by molar-refractivity contribution is 9.10. The number of nitrogens with one attached hydrogen (secondary N) is 1. The van der Waals surface area contributed by atoms with Crippen LogP contribution in [0.3, 0.4) is 0 Å². The van der Waals surface area contributed by atoms with Crippen molar-refractivity contribution in [3.63, 3.8) is 0 Å². The molecule has 7 nitrogen and oxygen atoms in total. The molecule has 0 aliphatic rings. The van der Waals surface area contributed by atoms with Gasteiger partial charge in [0.1, 0.15) is 12.6 Å². The van der Waals surface area contributed by atoms with Crippen LogP contribution in [-0.4, -0.2) is 43.8 Å². The van der Waals surface area contributed by atoms with Crippen molar-refractivity contribution in [2.24, 2.45) is 0 Å². The lowest BCUT2D eigenvalue weighted by atomic mass is 10.1. The van der Waals surface area contributed by atoms with Crippen LogP contribution >= 0.6 is 27.5 Å². The molecule has 0 aliphatic heterocycles. The number of hydrogen-bond acceptors (Lipinski definition) is 4. The second-order valence-corrected chi connectivity index (χ2v) is 13.3. The Kier molecular flexibility index (Phi) is 11.3. The first kappa shape index (κ1) is 34.4. The van der Waals surface area contributed by atoms with Crippen molar-refractivity contribution in [3.8, 4) is 0 Å². The zero-order chi connectivity index (χ0) is 32.1. The molecule has 43 heavy (non-hydrogen) atoms. The van der Waals surface area contributed by atoms with Crippen LogP contribution < -0.4 is 9.62 Å². The Morgan fingerprint density at radius 1 is 1.00 bits per heavy atom. The van der Waals surface area contributed by atoms with E-state index in [-0.39, 0.29) is 17.5 Å². The fraction of sp³-hybridized carbons (Fsp3) is 0.333. The van der Waals surface area contributed by atoms with Crippen molar-refractivity contribution in [2.75, 3.05) is 10.8 Å². The van der Waals surface area contributed by atoms with Gasteiger partial charge >= 0.3 is 6.18 Å². The second-order valence-electron chi connectivity index (χ2n) is 10.1. The summed E-state index contributed by atoms with van der Waals surface area (Å²) in [6, 6.07) is 14.1. The molecule has 2 amide bonds. The largest absolute Gasteiger partial charge is 0.417 e. The number of rotatable bonds is 11. The Bertz CT molecular complexity index is 1550. The van der Waals surface area contributed by atoms with Crippen LogP contribution in [-0.2, 0) is 32.3 Å². The normalized spacial score (nSPS) is 13.2. The van der Waals surface area contributed by atoms with Crippen LogP contribution in [0.4, 0.5) is 18.9 Å². The molecule has 0 heterocycles. The zero-order valence-corrected chi connectivity index (χ0v) is 27.1. The molecule has 3 rings (SSSR count). The van der Waals surface area contributed by atoms with E-state index in [0.29, 0.717) is 22.4 Å². The lowest BCUT2D eigenvalue weighted by Crippen LogP contribution is -2.52. The van der Waals surface area contributed by atoms with Crippen LogP contribution in [0.5, 0.6) is 0 Å². The number of hydrogen-bond donors (Lipinski definition) is 1. The van der Waals surface area contributed by atoms with Crippen LogP contribution in [0.15, 0.2) is 76.1 Å². The number of carbonyl (C=O) groups excluding carboxylic acids is 2. The number of alkyl halides is 3. The molecule has 2 atom stereocenters. The van der Waals surface area contributed by atoms with Gasteiger partial charge in [-0.1, -0.05) is 64.3 Å². The summed E-state index contributed by atoms with van der Waals surface area (Å²) in [5.41, 5.74) is -0.255. The third-order valence-electron chi connectivity index (χ3n) is 6.87. The SMILES string of the molecule is CC[C@@H](C)NC(=O)[C@H](C)N(Cc1ccc(Br)cc1)C(=O)CN(c1ccc(Cl)c(C(F)(F)F)c1)S(=O)(=O)c1ccc(C)cc1. The van der Waals surface area contributed by atoms with Gasteiger partial charge in [0, 0.05) is 17.1 Å². The van der Waals surface area contributed by atoms with E-state index >= 15 is 0 Å². The average molecular weight is 703 g/mol. The van der Waals surface area contributed by atoms with Crippen molar-refractivity contribution < 1.29 is 31.2 Å². The minimum atomic E-state index is -4.88. The molecule has 3 aromatic rings. The van der Waals surface area contributed by atoms with Crippen molar-refractivity contribution in [1.82, 2.24) is 10.2 Å².